The Bertz CT molecular complexity index is 562. The lowest BCUT2D eigenvalue weighted by Crippen LogP contribution is -2.41. The van der Waals surface area contributed by atoms with E-state index in [0.29, 0.717) is 0 Å². The lowest BCUT2D eigenvalue weighted by atomic mass is 9.90. The van der Waals surface area contributed by atoms with Crippen molar-refractivity contribution in [3.63, 3.8) is 0 Å². The van der Waals surface area contributed by atoms with E-state index in [9.17, 15) is 4.79 Å². The van der Waals surface area contributed by atoms with Crippen molar-refractivity contribution in [2.24, 2.45) is 5.92 Å². The van der Waals surface area contributed by atoms with E-state index in [1.807, 2.05) is 24.3 Å². The monoisotopic (exact) mass is 316 g/mol. The summed E-state index contributed by atoms with van der Waals surface area (Å²) in [6.07, 6.45) is 5.26. The van der Waals surface area contributed by atoms with Crippen LogP contribution in [0.25, 0.3) is 0 Å². The maximum absolute atomic E-state index is 12.7. The number of benzene rings is 1. The lowest BCUT2D eigenvalue weighted by Gasteiger charge is -2.36. The van der Waals surface area contributed by atoms with Crippen LogP contribution in [0.1, 0.15) is 19.3 Å². The lowest BCUT2D eigenvalue weighted by molar-refractivity contribution is -0.119. The van der Waals surface area contributed by atoms with Crippen molar-refractivity contribution in [2.45, 2.75) is 19.3 Å². The summed E-state index contributed by atoms with van der Waals surface area (Å²) in [5, 5.41) is 3.04. The first-order valence-corrected chi connectivity index (χ1v) is 8.25. The summed E-state index contributed by atoms with van der Waals surface area (Å²) in [4.78, 5) is 15.0. The fraction of sp³-hybridized carbons (Fsp3) is 0.500. The fourth-order valence-electron chi connectivity index (χ4n) is 3.20. The van der Waals surface area contributed by atoms with Crippen LogP contribution in [0, 0.1) is 5.92 Å². The van der Waals surface area contributed by atoms with E-state index in [1.165, 1.54) is 5.70 Å². The van der Waals surface area contributed by atoms with E-state index >= 15 is 0 Å². The molecule has 5 heteroatoms. The number of nitrogens with zero attached hydrogens (tertiary/aromatic N) is 1. The molecule has 1 aliphatic heterocycles. The Morgan fingerprint density at radius 1 is 1.26 bits per heavy atom. The first-order valence-electron chi connectivity index (χ1n) is 8.25. The largest absolute Gasteiger partial charge is 0.497 e. The second kappa shape index (κ2) is 7.51. The Kier molecular flexibility index (Phi) is 5.18. The van der Waals surface area contributed by atoms with Crippen molar-refractivity contribution in [3.8, 4) is 5.75 Å². The number of carbonyl (C=O) groups excluding carboxylic acids is 1. The third-order valence-corrected chi connectivity index (χ3v) is 4.46. The predicted octanol–water partition coefficient (Wildman–Crippen LogP) is 2.65. The molecule has 1 aromatic carbocycles. The Balaban J connectivity index is 1.68. The zero-order valence-electron chi connectivity index (χ0n) is 13.6. The molecule has 0 spiro atoms. The van der Waals surface area contributed by atoms with Gasteiger partial charge in [-0.2, -0.15) is 0 Å². The number of carbonyl (C=O) groups is 1. The summed E-state index contributed by atoms with van der Waals surface area (Å²) >= 11 is 0. The average Bonchev–Trinajstić information content (AvgIpc) is 2.63. The van der Waals surface area contributed by atoms with E-state index in [4.69, 9.17) is 9.47 Å². The van der Waals surface area contributed by atoms with Crippen molar-refractivity contribution in [1.29, 1.82) is 0 Å². The van der Waals surface area contributed by atoms with Gasteiger partial charge >= 0.3 is 0 Å². The molecule has 1 N–H and O–H groups in total. The van der Waals surface area contributed by atoms with Gasteiger partial charge in [0.15, 0.2) is 0 Å². The van der Waals surface area contributed by atoms with E-state index < -0.39 is 0 Å². The third kappa shape index (κ3) is 3.85. The van der Waals surface area contributed by atoms with Crippen LogP contribution in [0.15, 0.2) is 36.0 Å². The Labute approximate surface area is 137 Å². The zero-order valence-corrected chi connectivity index (χ0v) is 13.6. The minimum absolute atomic E-state index is 0.0658. The molecule has 1 aliphatic carbocycles. The van der Waals surface area contributed by atoms with Crippen molar-refractivity contribution in [2.75, 3.05) is 38.7 Å². The van der Waals surface area contributed by atoms with Gasteiger partial charge in [0, 0.05) is 24.5 Å². The van der Waals surface area contributed by atoms with Gasteiger partial charge in [-0.15, -0.1) is 0 Å². The molecule has 0 aromatic heterocycles. The molecule has 1 atom stereocenters. The molecule has 5 nitrogen and oxygen atoms in total. The van der Waals surface area contributed by atoms with Crippen molar-refractivity contribution >= 4 is 11.6 Å². The van der Waals surface area contributed by atoms with Gasteiger partial charge in [0.05, 0.1) is 26.2 Å². The van der Waals surface area contributed by atoms with Crippen LogP contribution in [0.4, 0.5) is 5.69 Å². The summed E-state index contributed by atoms with van der Waals surface area (Å²) in [6, 6.07) is 7.46. The van der Waals surface area contributed by atoms with Gasteiger partial charge in [-0.05, 0) is 43.5 Å². The van der Waals surface area contributed by atoms with Gasteiger partial charge in [0.1, 0.15) is 5.75 Å². The van der Waals surface area contributed by atoms with Gasteiger partial charge in [-0.1, -0.05) is 6.08 Å². The van der Waals surface area contributed by atoms with E-state index in [0.717, 1.165) is 57.0 Å². The van der Waals surface area contributed by atoms with Crippen LogP contribution < -0.4 is 10.1 Å². The van der Waals surface area contributed by atoms with Crippen molar-refractivity contribution in [3.05, 3.63) is 36.0 Å². The van der Waals surface area contributed by atoms with E-state index in [1.54, 1.807) is 7.11 Å². The Hall–Kier alpha value is -2.01. The van der Waals surface area contributed by atoms with Gasteiger partial charge in [-0.25, -0.2) is 0 Å². The molecule has 0 bridgehead atoms. The topological polar surface area (TPSA) is 50.8 Å². The maximum atomic E-state index is 12.7. The summed E-state index contributed by atoms with van der Waals surface area (Å²) in [7, 11) is 1.63. The molecule has 1 unspecified atom stereocenters. The summed E-state index contributed by atoms with van der Waals surface area (Å²) in [5.41, 5.74) is 1.98. The first-order chi connectivity index (χ1) is 11.3. The molecular weight excluding hydrogens is 292 g/mol. The highest BCUT2D eigenvalue weighted by Gasteiger charge is 2.29. The second-order valence-corrected chi connectivity index (χ2v) is 5.93. The highest BCUT2D eigenvalue weighted by Crippen LogP contribution is 2.29. The summed E-state index contributed by atoms with van der Waals surface area (Å²) in [6.45, 7) is 3.23. The second-order valence-electron chi connectivity index (χ2n) is 5.93. The van der Waals surface area contributed by atoms with Gasteiger partial charge in [0.25, 0.3) is 0 Å². The minimum atomic E-state index is -0.0658. The molecule has 1 fully saturated rings. The first kappa shape index (κ1) is 15.9. The molecule has 2 aliphatic rings. The molecule has 1 amide bonds. The number of methoxy groups -OCH3 is 1. The minimum Gasteiger partial charge on any atom is -0.497 e. The van der Waals surface area contributed by atoms with Crippen molar-refractivity contribution in [1.82, 2.24) is 4.90 Å². The molecule has 1 heterocycles. The number of morpholine rings is 1. The molecule has 0 saturated carbocycles. The van der Waals surface area contributed by atoms with Gasteiger partial charge in [0.2, 0.25) is 5.91 Å². The number of hydrogen-bond donors (Lipinski definition) is 1. The number of hydrogen-bond acceptors (Lipinski definition) is 4. The number of nitrogens with one attached hydrogen (secondary N) is 1. The molecule has 0 radical (unpaired) electrons. The van der Waals surface area contributed by atoms with Crippen LogP contribution >= 0.6 is 0 Å². The molecular formula is C18H24N2O3. The fourth-order valence-corrected chi connectivity index (χ4v) is 3.20. The van der Waals surface area contributed by atoms with E-state index in [2.05, 4.69) is 16.3 Å². The molecule has 1 saturated heterocycles. The Morgan fingerprint density at radius 3 is 2.70 bits per heavy atom. The van der Waals surface area contributed by atoms with Gasteiger partial charge < -0.3 is 19.7 Å². The third-order valence-electron chi connectivity index (χ3n) is 4.46. The number of allylic oxidation sites excluding steroid dienone is 1. The van der Waals surface area contributed by atoms with E-state index in [-0.39, 0.29) is 11.8 Å². The highest BCUT2D eigenvalue weighted by atomic mass is 16.5. The standard InChI is InChI=1S/C18H24N2O3/c1-22-15-8-6-14(7-9-15)19-18(21)16-4-2-3-5-17(16)20-10-12-23-13-11-20/h5-9,16H,2-4,10-13H2,1H3,(H,19,21). The summed E-state index contributed by atoms with van der Waals surface area (Å²) in [5.74, 6) is 0.797. The number of rotatable bonds is 4. The van der Waals surface area contributed by atoms with Gasteiger partial charge in [-0.3, -0.25) is 4.79 Å². The molecule has 1 aromatic rings. The quantitative estimate of drug-likeness (QED) is 0.928. The number of anilines is 1. The number of amides is 1. The zero-order chi connectivity index (χ0) is 16.1. The van der Waals surface area contributed by atoms with Crippen LogP contribution in [0.5, 0.6) is 5.75 Å². The average molecular weight is 316 g/mol. The highest BCUT2D eigenvalue weighted by molar-refractivity contribution is 5.94. The smallest absolute Gasteiger partial charge is 0.233 e. The SMILES string of the molecule is COc1ccc(NC(=O)C2CCCC=C2N2CCOCC2)cc1. The Morgan fingerprint density at radius 2 is 2.00 bits per heavy atom. The molecule has 124 valence electrons. The van der Waals surface area contributed by atoms with Crippen molar-refractivity contribution < 1.29 is 14.3 Å². The normalized spacial score (nSPS) is 21.5. The number of ether oxygens (including phenoxy) is 2. The maximum Gasteiger partial charge on any atom is 0.233 e. The molecule has 3 rings (SSSR count). The van der Waals surface area contributed by atoms with Crippen LogP contribution in [-0.4, -0.2) is 44.2 Å². The van der Waals surface area contributed by atoms with Crippen LogP contribution in [0.2, 0.25) is 0 Å². The predicted molar refractivity (Wildman–Crippen MR) is 89.4 cm³/mol. The van der Waals surface area contributed by atoms with Crippen LogP contribution in [-0.2, 0) is 9.53 Å². The summed E-state index contributed by atoms with van der Waals surface area (Å²) < 4.78 is 10.6. The van der Waals surface area contributed by atoms with Crippen LogP contribution in [0.3, 0.4) is 0 Å². The molecule has 23 heavy (non-hydrogen) atoms.